The summed E-state index contributed by atoms with van der Waals surface area (Å²) in [7, 11) is 0. The van der Waals surface area contributed by atoms with Gasteiger partial charge >= 0.3 is 0 Å². The number of nitrogens with zero attached hydrogens (tertiary/aromatic N) is 1. The largest absolute Gasteiger partial charge is 0.299 e. The van der Waals surface area contributed by atoms with E-state index in [1.165, 1.54) is 6.42 Å². The molecule has 3 rings (SSSR count). The van der Waals surface area contributed by atoms with Crippen LogP contribution in [0.15, 0.2) is 33.5 Å². The molecule has 1 aromatic carbocycles. The smallest absolute Gasteiger partial charge is 0.270 e. The fourth-order valence-corrected chi connectivity index (χ4v) is 3.02. The van der Waals surface area contributed by atoms with Crippen LogP contribution in [-0.2, 0) is 19.4 Å². The zero-order valence-electron chi connectivity index (χ0n) is 10.1. The Morgan fingerprint density at radius 3 is 2.89 bits per heavy atom. The van der Waals surface area contributed by atoms with Gasteiger partial charge in [0.25, 0.3) is 5.56 Å². The van der Waals surface area contributed by atoms with Crippen molar-refractivity contribution in [1.82, 2.24) is 9.78 Å². The Kier molecular flexibility index (Phi) is 3.12. The Bertz CT molecular complexity index is 627. The summed E-state index contributed by atoms with van der Waals surface area (Å²) < 4.78 is 2.78. The van der Waals surface area contributed by atoms with Crippen molar-refractivity contribution in [2.24, 2.45) is 0 Å². The molecule has 0 saturated carbocycles. The monoisotopic (exact) mass is 306 g/mol. The molecular formula is C14H15BrN2O. The van der Waals surface area contributed by atoms with E-state index >= 15 is 0 Å². The Morgan fingerprint density at radius 2 is 2.11 bits per heavy atom. The summed E-state index contributed by atoms with van der Waals surface area (Å²) in [6, 6.07) is 8.07. The van der Waals surface area contributed by atoms with Crippen molar-refractivity contribution in [2.75, 3.05) is 0 Å². The van der Waals surface area contributed by atoms with Crippen LogP contribution in [0.25, 0.3) is 0 Å². The minimum atomic E-state index is 0.157. The van der Waals surface area contributed by atoms with Crippen LogP contribution in [0.1, 0.15) is 29.7 Å². The van der Waals surface area contributed by atoms with Gasteiger partial charge in [0.2, 0.25) is 0 Å². The van der Waals surface area contributed by atoms with Gasteiger partial charge in [0, 0.05) is 15.7 Å². The van der Waals surface area contributed by atoms with Gasteiger partial charge in [-0.2, -0.15) is 0 Å². The van der Waals surface area contributed by atoms with Crippen molar-refractivity contribution in [1.29, 1.82) is 0 Å². The molecule has 3 nitrogen and oxygen atoms in total. The zero-order valence-corrected chi connectivity index (χ0v) is 11.7. The highest BCUT2D eigenvalue weighted by Crippen LogP contribution is 2.17. The van der Waals surface area contributed by atoms with Crippen LogP contribution in [-0.4, -0.2) is 9.78 Å². The Balaban J connectivity index is 1.94. The fourth-order valence-electron chi connectivity index (χ4n) is 2.57. The number of aromatic amines is 1. The van der Waals surface area contributed by atoms with E-state index < -0.39 is 0 Å². The predicted molar refractivity (Wildman–Crippen MR) is 74.9 cm³/mol. The lowest BCUT2D eigenvalue weighted by molar-refractivity contribution is 0.639. The molecule has 1 aromatic heterocycles. The molecule has 1 heterocycles. The van der Waals surface area contributed by atoms with Crippen molar-refractivity contribution >= 4 is 15.9 Å². The van der Waals surface area contributed by atoms with Gasteiger partial charge < -0.3 is 0 Å². The highest BCUT2D eigenvalue weighted by Gasteiger charge is 2.17. The van der Waals surface area contributed by atoms with Crippen LogP contribution in [0, 0.1) is 0 Å². The quantitative estimate of drug-likeness (QED) is 0.910. The first-order valence-electron chi connectivity index (χ1n) is 6.29. The van der Waals surface area contributed by atoms with Crippen molar-refractivity contribution in [2.45, 2.75) is 32.2 Å². The van der Waals surface area contributed by atoms with Gasteiger partial charge in [-0.15, -0.1) is 0 Å². The first-order chi connectivity index (χ1) is 8.74. The maximum Gasteiger partial charge on any atom is 0.270 e. The average molecular weight is 307 g/mol. The van der Waals surface area contributed by atoms with E-state index in [-0.39, 0.29) is 5.56 Å². The number of aryl methyl sites for hydroxylation is 1. The molecule has 0 fully saturated rings. The zero-order chi connectivity index (χ0) is 12.5. The molecule has 0 aliphatic heterocycles. The lowest BCUT2D eigenvalue weighted by Crippen LogP contribution is -2.20. The summed E-state index contributed by atoms with van der Waals surface area (Å²) in [6.45, 7) is 0.616. The third kappa shape index (κ3) is 2.17. The molecule has 0 amide bonds. The summed E-state index contributed by atoms with van der Waals surface area (Å²) in [5, 5.41) is 3.26. The van der Waals surface area contributed by atoms with Crippen LogP contribution in [0.4, 0.5) is 0 Å². The summed E-state index contributed by atoms with van der Waals surface area (Å²) >= 11 is 3.45. The SMILES string of the molecule is O=c1c2c([nH]n1Cc1cccc(Br)c1)CCCC2. The normalized spacial score (nSPS) is 14.5. The molecule has 1 aliphatic rings. The molecule has 0 unspecified atom stereocenters. The van der Waals surface area contributed by atoms with Crippen LogP contribution < -0.4 is 5.56 Å². The molecule has 4 heteroatoms. The van der Waals surface area contributed by atoms with Crippen LogP contribution in [0.5, 0.6) is 0 Å². The molecule has 2 aromatic rings. The van der Waals surface area contributed by atoms with Crippen LogP contribution in [0.2, 0.25) is 0 Å². The van der Waals surface area contributed by atoms with Gasteiger partial charge in [0.05, 0.1) is 6.54 Å². The number of hydrogen-bond acceptors (Lipinski definition) is 1. The average Bonchev–Trinajstić information content (AvgIpc) is 2.67. The highest BCUT2D eigenvalue weighted by molar-refractivity contribution is 9.10. The number of aromatic nitrogens is 2. The minimum Gasteiger partial charge on any atom is -0.299 e. The third-order valence-corrected chi connectivity index (χ3v) is 3.96. The van der Waals surface area contributed by atoms with E-state index in [0.717, 1.165) is 40.6 Å². The summed E-state index contributed by atoms with van der Waals surface area (Å²) in [5.41, 5.74) is 3.42. The van der Waals surface area contributed by atoms with Crippen molar-refractivity contribution < 1.29 is 0 Å². The lowest BCUT2D eigenvalue weighted by atomic mass is 9.98. The fraction of sp³-hybridized carbons (Fsp3) is 0.357. The molecule has 94 valence electrons. The second kappa shape index (κ2) is 4.76. The third-order valence-electron chi connectivity index (χ3n) is 3.47. The summed E-state index contributed by atoms with van der Waals surface area (Å²) in [6.07, 6.45) is 4.26. The lowest BCUT2D eigenvalue weighted by Gasteiger charge is -2.07. The number of halogens is 1. The molecule has 0 spiro atoms. The molecule has 0 atom stereocenters. The van der Waals surface area contributed by atoms with Gasteiger partial charge in [-0.1, -0.05) is 28.1 Å². The first kappa shape index (κ1) is 11.8. The molecule has 0 bridgehead atoms. The molecular weight excluding hydrogens is 292 g/mol. The van der Waals surface area contributed by atoms with Crippen molar-refractivity contribution in [3.63, 3.8) is 0 Å². The number of fused-ring (bicyclic) bond motifs is 1. The molecule has 1 aliphatic carbocycles. The van der Waals surface area contributed by atoms with E-state index in [4.69, 9.17) is 0 Å². The number of H-pyrrole nitrogens is 1. The maximum atomic E-state index is 12.2. The van der Waals surface area contributed by atoms with E-state index in [0.29, 0.717) is 6.54 Å². The van der Waals surface area contributed by atoms with Gasteiger partial charge in [-0.05, 0) is 43.4 Å². The predicted octanol–water partition coefficient (Wildman–Crippen LogP) is 2.87. The van der Waals surface area contributed by atoms with Gasteiger partial charge in [0.15, 0.2) is 0 Å². The first-order valence-corrected chi connectivity index (χ1v) is 7.08. The number of benzene rings is 1. The molecule has 0 radical (unpaired) electrons. The van der Waals surface area contributed by atoms with Crippen molar-refractivity contribution in [3.8, 4) is 0 Å². The maximum absolute atomic E-state index is 12.2. The standard InChI is InChI=1S/C14H15BrN2O/c15-11-5-3-4-10(8-11)9-17-14(18)12-6-1-2-7-13(12)16-17/h3-5,8,16H,1-2,6-7,9H2. The van der Waals surface area contributed by atoms with E-state index in [9.17, 15) is 4.79 Å². The Morgan fingerprint density at radius 1 is 1.28 bits per heavy atom. The second-order valence-electron chi connectivity index (χ2n) is 4.80. The highest BCUT2D eigenvalue weighted by atomic mass is 79.9. The van der Waals surface area contributed by atoms with Gasteiger partial charge in [-0.25, -0.2) is 4.68 Å². The topological polar surface area (TPSA) is 37.8 Å². The number of rotatable bonds is 2. The number of hydrogen-bond donors (Lipinski definition) is 1. The van der Waals surface area contributed by atoms with Gasteiger partial charge in [0.1, 0.15) is 0 Å². The minimum absolute atomic E-state index is 0.157. The molecule has 18 heavy (non-hydrogen) atoms. The molecule has 0 saturated heterocycles. The Hall–Kier alpha value is -1.29. The summed E-state index contributed by atoms with van der Waals surface area (Å²) in [4.78, 5) is 12.2. The van der Waals surface area contributed by atoms with E-state index in [1.807, 2.05) is 24.3 Å². The summed E-state index contributed by atoms with van der Waals surface area (Å²) in [5.74, 6) is 0. The van der Waals surface area contributed by atoms with Crippen LogP contribution in [0.3, 0.4) is 0 Å². The molecule has 1 N–H and O–H groups in total. The number of nitrogens with one attached hydrogen (secondary N) is 1. The van der Waals surface area contributed by atoms with E-state index in [1.54, 1.807) is 4.68 Å². The van der Waals surface area contributed by atoms with Crippen LogP contribution >= 0.6 is 15.9 Å². The Labute approximate surface area is 114 Å². The second-order valence-corrected chi connectivity index (χ2v) is 5.71. The van der Waals surface area contributed by atoms with Gasteiger partial charge in [-0.3, -0.25) is 9.89 Å². The van der Waals surface area contributed by atoms with E-state index in [2.05, 4.69) is 21.0 Å². The van der Waals surface area contributed by atoms with Crippen molar-refractivity contribution in [3.05, 3.63) is 55.9 Å².